The van der Waals surface area contributed by atoms with Crippen molar-refractivity contribution >= 4 is 5.69 Å². The molecule has 0 aliphatic carbocycles. The normalized spacial score (nSPS) is 10.2. The summed E-state index contributed by atoms with van der Waals surface area (Å²) in [4.78, 5) is 0. The molecule has 0 saturated carbocycles. The Bertz CT molecular complexity index is 525. The summed E-state index contributed by atoms with van der Waals surface area (Å²) in [5.74, 6) is -0.0123. The first kappa shape index (κ1) is 11.5. The van der Waals surface area contributed by atoms with Gasteiger partial charge in [-0.2, -0.15) is 0 Å². The van der Waals surface area contributed by atoms with Crippen molar-refractivity contribution in [1.82, 2.24) is 0 Å². The van der Waals surface area contributed by atoms with Crippen LogP contribution in [0.5, 0.6) is 5.75 Å². The van der Waals surface area contributed by atoms with E-state index in [9.17, 15) is 9.50 Å². The summed E-state index contributed by atoms with van der Waals surface area (Å²) in [6.07, 6.45) is 0. The van der Waals surface area contributed by atoms with Gasteiger partial charge in [-0.05, 0) is 36.2 Å². The summed E-state index contributed by atoms with van der Waals surface area (Å²) < 4.78 is 13.7. The third kappa shape index (κ3) is 2.75. The summed E-state index contributed by atoms with van der Waals surface area (Å²) >= 11 is 0. The molecule has 2 rings (SSSR count). The van der Waals surface area contributed by atoms with Gasteiger partial charge in [-0.3, -0.25) is 0 Å². The van der Waals surface area contributed by atoms with Crippen LogP contribution >= 0.6 is 0 Å². The van der Waals surface area contributed by atoms with Crippen molar-refractivity contribution in [3.05, 3.63) is 59.4 Å². The molecule has 0 heterocycles. The van der Waals surface area contributed by atoms with E-state index in [1.54, 1.807) is 37.3 Å². The van der Waals surface area contributed by atoms with E-state index < -0.39 is 0 Å². The molecule has 0 amide bonds. The van der Waals surface area contributed by atoms with Gasteiger partial charge in [0.25, 0.3) is 0 Å². The van der Waals surface area contributed by atoms with Gasteiger partial charge in [0.1, 0.15) is 11.6 Å². The van der Waals surface area contributed by atoms with Crippen molar-refractivity contribution in [3.63, 3.8) is 0 Å². The van der Waals surface area contributed by atoms with Crippen molar-refractivity contribution in [3.8, 4) is 5.75 Å². The molecule has 2 N–H and O–H groups in total. The monoisotopic (exact) mass is 231 g/mol. The zero-order chi connectivity index (χ0) is 12.3. The summed E-state index contributed by atoms with van der Waals surface area (Å²) in [7, 11) is 0. The van der Waals surface area contributed by atoms with Gasteiger partial charge < -0.3 is 10.4 Å². The van der Waals surface area contributed by atoms with E-state index in [0.29, 0.717) is 17.8 Å². The Hall–Kier alpha value is -2.03. The number of nitrogens with one attached hydrogen (secondary N) is 1. The fourth-order valence-electron chi connectivity index (χ4n) is 1.65. The standard InChI is InChI=1S/C14H14FNO/c1-10-4-2-7-13(14(10)15)16-9-11-5-3-6-12(17)8-11/h2-8,16-17H,9H2,1H3. The van der Waals surface area contributed by atoms with Crippen LogP contribution in [-0.2, 0) is 6.54 Å². The molecule has 3 heteroatoms. The van der Waals surface area contributed by atoms with Crippen LogP contribution in [0.3, 0.4) is 0 Å². The van der Waals surface area contributed by atoms with E-state index in [4.69, 9.17) is 0 Å². The highest BCUT2D eigenvalue weighted by atomic mass is 19.1. The lowest BCUT2D eigenvalue weighted by Gasteiger charge is -2.09. The van der Waals surface area contributed by atoms with E-state index in [-0.39, 0.29) is 11.6 Å². The number of phenolic OH excluding ortho intramolecular Hbond substituents is 1. The van der Waals surface area contributed by atoms with E-state index >= 15 is 0 Å². The minimum absolute atomic E-state index is 0.217. The van der Waals surface area contributed by atoms with Crippen molar-refractivity contribution in [2.45, 2.75) is 13.5 Å². The highest BCUT2D eigenvalue weighted by molar-refractivity contribution is 5.48. The zero-order valence-electron chi connectivity index (χ0n) is 9.57. The Morgan fingerprint density at radius 1 is 1.18 bits per heavy atom. The molecule has 0 aromatic heterocycles. The Morgan fingerprint density at radius 2 is 1.94 bits per heavy atom. The number of benzene rings is 2. The molecular weight excluding hydrogens is 217 g/mol. The summed E-state index contributed by atoms with van der Waals surface area (Å²) in [5, 5.41) is 12.3. The maximum Gasteiger partial charge on any atom is 0.149 e. The fraction of sp³-hybridized carbons (Fsp3) is 0.143. The van der Waals surface area contributed by atoms with Crippen LogP contribution in [0.1, 0.15) is 11.1 Å². The quantitative estimate of drug-likeness (QED) is 0.848. The van der Waals surface area contributed by atoms with Crippen LogP contribution in [0, 0.1) is 12.7 Å². The number of aryl methyl sites for hydroxylation is 1. The number of rotatable bonds is 3. The van der Waals surface area contributed by atoms with Gasteiger partial charge in [-0.15, -0.1) is 0 Å². The molecular formula is C14H14FNO. The van der Waals surface area contributed by atoms with Crippen molar-refractivity contribution < 1.29 is 9.50 Å². The van der Waals surface area contributed by atoms with Crippen LogP contribution in [0.25, 0.3) is 0 Å². The van der Waals surface area contributed by atoms with Gasteiger partial charge in [0, 0.05) is 6.54 Å². The molecule has 0 unspecified atom stereocenters. The molecule has 0 bridgehead atoms. The minimum Gasteiger partial charge on any atom is -0.508 e. The van der Waals surface area contributed by atoms with Crippen LogP contribution in [0.4, 0.5) is 10.1 Å². The molecule has 0 saturated heterocycles. The van der Waals surface area contributed by atoms with Gasteiger partial charge in [0.15, 0.2) is 0 Å². The first-order valence-electron chi connectivity index (χ1n) is 5.44. The first-order valence-corrected chi connectivity index (χ1v) is 5.44. The van der Waals surface area contributed by atoms with Gasteiger partial charge in [0.2, 0.25) is 0 Å². The van der Waals surface area contributed by atoms with Gasteiger partial charge in [-0.1, -0.05) is 24.3 Å². The average Bonchev–Trinajstić information content (AvgIpc) is 2.31. The van der Waals surface area contributed by atoms with E-state index in [0.717, 1.165) is 5.56 Å². The molecule has 2 aromatic carbocycles. The second-order valence-corrected chi connectivity index (χ2v) is 3.96. The zero-order valence-corrected chi connectivity index (χ0v) is 9.57. The van der Waals surface area contributed by atoms with E-state index in [2.05, 4.69) is 5.32 Å². The Balaban J connectivity index is 2.10. The van der Waals surface area contributed by atoms with Gasteiger partial charge in [-0.25, -0.2) is 4.39 Å². The predicted octanol–water partition coefficient (Wildman–Crippen LogP) is 3.45. The van der Waals surface area contributed by atoms with Gasteiger partial charge in [0.05, 0.1) is 5.69 Å². The number of anilines is 1. The molecule has 0 atom stereocenters. The molecule has 0 fully saturated rings. The molecule has 0 spiro atoms. The lowest BCUT2D eigenvalue weighted by atomic mass is 10.2. The lowest BCUT2D eigenvalue weighted by molar-refractivity contribution is 0.474. The SMILES string of the molecule is Cc1cccc(NCc2cccc(O)c2)c1F. The molecule has 0 aliphatic rings. The Morgan fingerprint density at radius 3 is 2.71 bits per heavy atom. The minimum atomic E-state index is -0.229. The number of hydrogen-bond donors (Lipinski definition) is 2. The fourth-order valence-corrected chi connectivity index (χ4v) is 1.65. The van der Waals surface area contributed by atoms with E-state index in [1.807, 2.05) is 12.1 Å². The number of hydrogen-bond acceptors (Lipinski definition) is 2. The summed E-state index contributed by atoms with van der Waals surface area (Å²) in [6.45, 7) is 2.21. The molecule has 0 radical (unpaired) electrons. The van der Waals surface area contributed by atoms with Crippen LogP contribution in [0.15, 0.2) is 42.5 Å². The van der Waals surface area contributed by atoms with Crippen LogP contribution in [0.2, 0.25) is 0 Å². The Kier molecular flexibility index (Phi) is 3.28. The van der Waals surface area contributed by atoms with Crippen molar-refractivity contribution in [2.75, 3.05) is 5.32 Å². The molecule has 17 heavy (non-hydrogen) atoms. The number of aromatic hydroxyl groups is 1. The third-order valence-corrected chi connectivity index (χ3v) is 2.59. The smallest absolute Gasteiger partial charge is 0.149 e. The summed E-state index contributed by atoms with van der Waals surface area (Å²) in [6, 6.07) is 12.1. The largest absolute Gasteiger partial charge is 0.508 e. The first-order chi connectivity index (χ1) is 8.16. The van der Waals surface area contributed by atoms with E-state index in [1.165, 1.54) is 0 Å². The molecule has 2 aromatic rings. The Labute approximate surface area is 99.7 Å². The topological polar surface area (TPSA) is 32.3 Å². The highest BCUT2D eigenvalue weighted by Crippen LogP contribution is 2.18. The second-order valence-electron chi connectivity index (χ2n) is 3.96. The van der Waals surface area contributed by atoms with Crippen molar-refractivity contribution in [1.29, 1.82) is 0 Å². The third-order valence-electron chi connectivity index (χ3n) is 2.59. The number of halogens is 1. The number of phenols is 1. The van der Waals surface area contributed by atoms with Crippen LogP contribution < -0.4 is 5.32 Å². The average molecular weight is 231 g/mol. The van der Waals surface area contributed by atoms with Gasteiger partial charge >= 0.3 is 0 Å². The lowest BCUT2D eigenvalue weighted by Crippen LogP contribution is -2.02. The maximum atomic E-state index is 13.7. The molecule has 88 valence electrons. The maximum absolute atomic E-state index is 13.7. The molecule has 0 aliphatic heterocycles. The predicted molar refractivity (Wildman–Crippen MR) is 66.6 cm³/mol. The highest BCUT2D eigenvalue weighted by Gasteiger charge is 2.03. The van der Waals surface area contributed by atoms with Crippen LogP contribution in [-0.4, -0.2) is 5.11 Å². The second kappa shape index (κ2) is 4.87. The summed E-state index contributed by atoms with van der Waals surface area (Å²) in [5.41, 5.74) is 2.00. The van der Waals surface area contributed by atoms with Crippen molar-refractivity contribution in [2.24, 2.45) is 0 Å². The molecule has 2 nitrogen and oxygen atoms in total.